The Morgan fingerprint density at radius 2 is 1.84 bits per heavy atom. The molecule has 0 saturated carbocycles. The standard InChI is InChI=1S/C25H18ClN5O5S2/c26-21-9-10-22(37-21)38(35,36)30-23(32)16-3-6-18(7-4-16)31-24(33)19-8-5-17(12-20(19)29-25(31)34)28-14-15-2-1-11-27-13-15/h1-13,28H,14H2,(H,29,34)(H,30,32). The van der Waals surface area contributed by atoms with Crippen molar-refractivity contribution < 1.29 is 13.2 Å². The Morgan fingerprint density at radius 1 is 1.05 bits per heavy atom. The molecule has 13 heteroatoms. The molecule has 38 heavy (non-hydrogen) atoms. The van der Waals surface area contributed by atoms with Gasteiger partial charge in [0.2, 0.25) is 0 Å². The van der Waals surface area contributed by atoms with Crippen molar-refractivity contribution in [2.24, 2.45) is 0 Å². The monoisotopic (exact) mass is 567 g/mol. The number of hydrogen-bond acceptors (Lipinski definition) is 8. The van der Waals surface area contributed by atoms with Crippen LogP contribution in [0.1, 0.15) is 15.9 Å². The maximum absolute atomic E-state index is 13.2. The average Bonchev–Trinajstić information content (AvgIpc) is 3.35. The lowest BCUT2D eigenvalue weighted by Crippen LogP contribution is -2.33. The van der Waals surface area contributed by atoms with Crippen LogP contribution in [0, 0.1) is 0 Å². The summed E-state index contributed by atoms with van der Waals surface area (Å²) in [6.07, 6.45) is 3.42. The van der Waals surface area contributed by atoms with E-state index >= 15 is 0 Å². The number of aromatic nitrogens is 3. The van der Waals surface area contributed by atoms with E-state index in [0.29, 0.717) is 23.1 Å². The SMILES string of the molecule is O=C(NS(=O)(=O)c1ccc(Cl)s1)c1ccc(-n2c(=O)[nH]c3cc(NCc4cccnc4)ccc3c2=O)cc1. The largest absolute Gasteiger partial charge is 0.381 e. The molecule has 0 aliphatic rings. The molecule has 5 aromatic rings. The summed E-state index contributed by atoms with van der Waals surface area (Å²) in [7, 11) is -4.09. The van der Waals surface area contributed by atoms with Gasteiger partial charge in [-0.3, -0.25) is 14.6 Å². The van der Waals surface area contributed by atoms with Gasteiger partial charge in [0, 0.05) is 30.2 Å². The minimum atomic E-state index is -4.09. The van der Waals surface area contributed by atoms with E-state index in [2.05, 4.69) is 15.3 Å². The maximum atomic E-state index is 13.2. The molecule has 0 unspecified atom stereocenters. The summed E-state index contributed by atoms with van der Waals surface area (Å²) in [5, 5.41) is 3.52. The number of benzene rings is 2. The van der Waals surface area contributed by atoms with Crippen molar-refractivity contribution in [3.63, 3.8) is 0 Å². The predicted molar refractivity (Wildman–Crippen MR) is 146 cm³/mol. The minimum Gasteiger partial charge on any atom is -0.381 e. The van der Waals surface area contributed by atoms with Gasteiger partial charge in [-0.05, 0) is 66.2 Å². The predicted octanol–water partition coefficient (Wildman–Crippen LogP) is 3.52. The van der Waals surface area contributed by atoms with Gasteiger partial charge in [0.25, 0.3) is 21.5 Å². The molecule has 2 aromatic carbocycles. The van der Waals surface area contributed by atoms with Crippen molar-refractivity contribution in [1.29, 1.82) is 0 Å². The molecule has 0 bridgehead atoms. The van der Waals surface area contributed by atoms with Crippen LogP contribution in [-0.4, -0.2) is 28.9 Å². The topological polar surface area (TPSA) is 143 Å². The van der Waals surface area contributed by atoms with Crippen LogP contribution >= 0.6 is 22.9 Å². The second kappa shape index (κ2) is 10.2. The van der Waals surface area contributed by atoms with E-state index < -0.39 is 27.2 Å². The molecule has 0 saturated heterocycles. The molecule has 0 aliphatic heterocycles. The third kappa shape index (κ3) is 5.23. The molecule has 1 amide bonds. The summed E-state index contributed by atoms with van der Waals surface area (Å²) in [4.78, 5) is 45.3. The highest BCUT2D eigenvalue weighted by molar-refractivity contribution is 7.92. The zero-order valence-corrected chi connectivity index (χ0v) is 21.7. The molecule has 3 aromatic heterocycles. The minimum absolute atomic E-state index is 0.0228. The van der Waals surface area contributed by atoms with E-state index in [4.69, 9.17) is 11.6 Å². The number of amides is 1. The molecule has 0 aliphatic carbocycles. The van der Waals surface area contributed by atoms with Crippen molar-refractivity contribution in [1.82, 2.24) is 19.3 Å². The lowest BCUT2D eigenvalue weighted by atomic mass is 10.2. The highest BCUT2D eigenvalue weighted by Gasteiger charge is 2.21. The van der Waals surface area contributed by atoms with E-state index in [-0.39, 0.29) is 19.8 Å². The Hall–Kier alpha value is -4.26. The second-order valence-corrected chi connectivity index (χ2v) is 11.7. The van der Waals surface area contributed by atoms with Crippen molar-refractivity contribution in [2.75, 3.05) is 5.32 Å². The summed E-state index contributed by atoms with van der Waals surface area (Å²) in [5.74, 6) is -0.868. The number of carbonyl (C=O) groups is 1. The molecule has 5 rings (SSSR count). The van der Waals surface area contributed by atoms with Crippen LogP contribution in [0.2, 0.25) is 4.34 Å². The van der Waals surface area contributed by atoms with Crippen molar-refractivity contribution in [3.8, 4) is 5.69 Å². The fraction of sp³-hybridized carbons (Fsp3) is 0.0400. The first-order chi connectivity index (χ1) is 18.2. The van der Waals surface area contributed by atoms with Crippen LogP contribution < -0.4 is 21.3 Å². The molecule has 3 heterocycles. The Labute approximate surface area is 224 Å². The van der Waals surface area contributed by atoms with Crippen molar-refractivity contribution >= 4 is 55.5 Å². The van der Waals surface area contributed by atoms with E-state index in [1.807, 2.05) is 16.9 Å². The zero-order valence-electron chi connectivity index (χ0n) is 19.3. The normalized spacial score (nSPS) is 11.4. The first-order valence-electron chi connectivity index (χ1n) is 11.1. The molecule has 10 nitrogen and oxygen atoms in total. The van der Waals surface area contributed by atoms with Gasteiger partial charge in [-0.2, -0.15) is 0 Å². The quantitative estimate of drug-likeness (QED) is 0.273. The number of nitrogens with zero attached hydrogens (tertiary/aromatic N) is 2. The van der Waals surface area contributed by atoms with Crippen LogP contribution in [0.4, 0.5) is 5.69 Å². The number of halogens is 1. The van der Waals surface area contributed by atoms with Gasteiger partial charge in [-0.25, -0.2) is 22.5 Å². The van der Waals surface area contributed by atoms with Crippen molar-refractivity contribution in [2.45, 2.75) is 10.8 Å². The molecule has 3 N–H and O–H groups in total. The number of H-pyrrole nitrogens is 1. The van der Waals surface area contributed by atoms with Crippen molar-refractivity contribution in [3.05, 3.63) is 115 Å². The molecule has 0 radical (unpaired) electrons. The summed E-state index contributed by atoms with van der Waals surface area (Å²) in [6.45, 7) is 0.517. The maximum Gasteiger partial charge on any atom is 0.333 e. The number of thiophene rings is 1. The number of carbonyl (C=O) groups excluding carboxylic acids is 1. The molecular formula is C25H18ClN5O5S2. The van der Waals surface area contributed by atoms with Gasteiger partial charge in [0.05, 0.1) is 20.9 Å². The van der Waals surface area contributed by atoms with E-state index in [9.17, 15) is 22.8 Å². The van der Waals surface area contributed by atoms with Gasteiger partial charge in [0.1, 0.15) is 4.21 Å². The lowest BCUT2D eigenvalue weighted by molar-refractivity contribution is 0.0981. The Kier molecular flexibility index (Phi) is 6.85. The smallest absolute Gasteiger partial charge is 0.333 e. The fourth-order valence-corrected chi connectivity index (χ4v) is 6.16. The Bertz CT molecular complexity index is 1880. The number of rotatable bonds is 7. The summed E-state index contributed by atoms with van der Waals surface area (Å²) >= 11 is 6.60. The van der Waals surface area contributed by atoms with E-state index in [1.165, 1.54) is 36.4 Å². The van der Waals surface area contributed by atoms with Gasteiger partial charge >= 0.3 is 5.69 Å². The summed E-state index contributed by atoms with van der Waals surface area (Å²) in [5.41, 5.74) is 1.07. The fourth-order valence-electron chi connectivity index (χ4n) is 3.70. The van der Waals surface area contributed by atoms with Crippen LogP contribution in [0.15, 0.2) is 92.9 Å². The third-order valence-electron chi connectivity index (χ3n) is 5.55. The number of pyridine rings is 1. The number of nitrogens with one attached hydrogen (secondary N) is 3. The lowest BCUT2D eigenvalue weighted by Gasteiger charge is -2.10. The molecule has 0 fully saturated rings. The first kappa shape index (κ1) is 25.4. The summed E-state index contributed by atoms with van der Waals surface area (Å²) < 4.78 is 27.9. The highest BCUT2D eigenvalue weighted by Crippen LogP contribution is 2.25. The van der Waals surface area contributed by atoms with Crippen LogP contribution in [-0.2, 0) is 16.6 Å². The molecule has 192 valence electrons. The van der Waals surface area contributed by atoms with Crippen LogP contribution in [0.25, 0.3) is 16.6 Å². The number of anilines is 1. The first-order valence-corrected chi connectivity index (χ1v) is 13.7. The second-order valence-electron chi connectivity index (χ2n) is 8.09. The van der Waals surface area contributed by atoms with Crippen LogP contribution in [0.3, 0.4) is 0 Å². The Balaban J connectivity index is 1.38. The third-order valence-corrected chi connectivity index (χ3v) is 8.60. The average molecular weight is 568 g/mol. The van der Waals surface area contributed by atoms with Crippen LogP contribution in [0.5, 0.6) is 0 Å². The van der Waals surface area contributed by atoms with E-state index in [1.54, 1.807) is 30.6 Å². The van der Waals surface area contributed by atoms with Gasteiger partial charge in [0.15, 0.2) is 0 Å². The van der Waals surface area contributed by atoms with Gasteiger partial charge in [-0.15, -0.1) is 11.3 Å². The molecule has 0 spiro atoms. The van der Waals surface area contributed by atoms with E-state index in [0.717, 1.165) is 21.5 Å². The number of hydrogen-bond donors (Lipinski definition) is 3. The number of fused-ring (bicyclic) bond motifs is 1. The number of aromatic amines is 1. The molecule has 0 atom stereocenters. The summed E-state index contributed by atoms with van der Waals surface area (Å²) in [6, 6.07) is 16.9. The zero-order chi connectivity index (χ0) is 26.9. The number of sulfonamides is 1. The highest BCUT2D eigenvalue weighted by atomic mass is 35.5. The van der Waals surface area contributed by atoms with Gasteiger partial charge in [-0.1, -0.05) is 17.7 Å². The molecular weight excluding hydrogens is 550 g/mol. The van der Waals surface area contributed by atoms with Gasteiger partial charge < -0.3 is 10.3 Å². The Morgan fingerprint density at radius 3 is 2.53 bits per heavy atom.